The van der Waals surface area contributed by atoms with E-state index in [2.05, 4.69) is 0 Å². The van der Waals surface area contributed by atoms with Crippen molar-refractivity contribution in [2.24, 2.45) is 11.8 Å². The van der Waals surface area contributed by atoms with Crippen molar-refractivity contribution in [1.29, 1.82) is 0 Å². The van der Waals surface area contributed by atoms with Gasteiger partial charge in [-0.05, 0) is 12.8 Å². The molecular formula is C19H26O4. The molecule has 1 aromatic rings. The third-order valence-electron chi connectivity index (χ3n) is 3.89. The lowest BCUT2D eigenvalue weighted by atomic mass is 9.90. The summed E-state index contributed by atoms with van der Waals surface area (Å²) in [5.41, 5.74) is 0.552. The van der Waals surface area contributed by atoms with Crippen molar-refractivity contribution < 1.29 is 19.1 Å². The van der Waals surface area contributed by atoms with E-state index in [0.29, 0.717) is 12.0 Å². The van der Waals surface area contributed by atoms with Crippen LogP contribution in [0.3, 0.4) is 0 Å². The molecule has 0 amide bonds. The van der Waals surface area contributed by atoms with Crippen LogP contribution in [0.1, 0.15) is 56.8 Å². The lowest BCUT2D eigenvalue weighted by Gasteiger charge is -2.15. The summed E-state index contributed by atoms with van der Waals surface area (Å²) in [6.07, 6.45) is 1.43. The summed E-state index contributed by atoms with van der Waals surface area (Å²) < 4.78 is 5.03. The number of esters is 1. The van der Waals surface area contributed by atoms with Gasteiger partial charge in [-0.1, -0.05) is 50.6 Å². The number of hydrogen-bond acceptors (Lipinski definition) is 4. The quantitative estimate of drug-likeness (QED) is 0.486. The van der Waals surface area contributed by atoms with Gasteiger partial charge in [0, 0.05) is 24.8 Å². The van der Waals surface area contributed by atoms with Gasteiger partial charge in [-0.2, -0.15) is 0 Å². The number of carbonyl (C=O) groups excluding carboxylic acids is 3. The predicted octanol–water partition coefficient (Wildman–Crippen LogP) is 3.83. The first-order valence-corrected chi connectivity index (χ1v) is 8.24. The highest BCUT2D eigenvalue weighted by molar-refractivity contribution is 5.99. The molecule has 0 aliphatic heterocycles. The van der Waals surface area contributed by atoms with Crippen LogP contribution in [-0.2, 0) is 14.3 Å². The first-order chi connectivity index (χ1) is 11.0. The molecule has 4 nitrogen and oxygen atoms in total. The fraction of sp³-hybridized carbons (Fsp3) is 0.526. The van der Waals surface area contributed by atoms with Crippen LogP contribution in [0.15, 0.2) is 30.3 Å². The summed E-state index contributed by atoms with van der Waals surface area (Å²) in [4.78, 5) is 36.5. The van der Waals surface area contributed by atoms with Crippen LogP contribution in [0.25, 0.3) is 0 Å². The minimum atomic E-state index is -0.695. The number of ketones is 2. The van der Waals surface area contributed by atoms with Crippen molar-refractivity contribution in [2.45, 2.75) is 46.5 Å². The number of benzene rings is 1. The van der Waals surface area contributed by atoms with E-state index in [4.69, 9.17) is 4.74 Å². The maximum Gasteiger partial charge on any atom is 0.309 e. The zero-order chi connectivity index (χ0) is 17.2. The second-order valence-corrected chi connectivity index (χ2v) is 5.90. The second kappa shape index (κ2) is 9.93. The molecule has 2 unspecified atom stereocenters. The van der Waals surface area contributed by atoms with Gasteiger partial charge < -0.3 is 4.74 Å². The van der Waals surface area contributed by atoms with E-state index < -0.39 is 11.9 Å². The van der Waals surface area contributed by atoms with E-state index in [9.17, 15) is 14.4 Å². The molecule has 126 valence electrons. The van der Waals surface area contributed by atoms with E-state index in [1.165, 1.54) is 0 Å². The fourth-order valence-corrected chi connectivity index (χ4v) is 2.36. The maximum absolute atomic E-state index is 12.3. The molecule has 0 heterocycles. The highest BCUT2D eigenvalue weighted by Gasteiger charge is 2.26. The van der Waals surface area contributed by atoms with Gasteiger partial charge in [-0.3, -0.25) is 14.4 Å². The molecule has 1 rings (SSSR count). The zero-order valence-electron chi connectivity index (χ0n) is 14.2. The Morgan fingerprint density at radius 2 is 1.65 bits per heavy atom. The molecule has 0 aromatic heterocycles. The lowest BCUT2D eigenvalue weighted by molar-refractivity contribution is -0.149. The van der Waals surface area contributed by atoms with Crippen LogP contribution in [0.5, 0.6) is 0 Å². The Bertz CT molecular complexity index is 521. The standard InChI is InChI=1S/C19H26O4/c1-4-14(3)11-17(20)12-16(19(22)23-5-2)13-18(21)15-9-7-6-8-10-15/h6-10,14,16H,4-5,11-13H2,1-3H3. The first kappa shape index (κ1) is 19.1. The highest BCUT2D eigenvalue weighted by atomic mass is 16.5. The minimum absolute atomic E-state index is 0.00902. The summed E-state index contributed by atoms with van der Waals surface area (Å²) in [7, 11) is 0. The second-order valence-electron chi connectivity index (χ2n) is 5.90. The molecule has 0 bridgehead atoms. The summed E-state index contributed by atoms with van der Waals surface area (Å²) in [5, 5.41) is 0. The smallest absolute Gasteiger partial charge is 0.309 e. The molecule has 0 saturated heterocycles. The normalized spacial score (nSPS) is 13.2. The molecule has 4 heteroatoms. The van der Waals surface area contributed by atoms with Crippen molar-refractivity contribution in [1.82, 2.24) is 0 Å². The van der Waals surface area contributed by atoms with Gasteiger partial charge >= 0.3 is 5.97 Å². The van der Waals surface area contributed by atoms with Crippen LogP contribution < -0.4 is 0 Å². The number of carbonyl (C=O) groups is 3. The van der Waals surface area contributed by atoms with Crippen LogP contribution in [0.2, 0.25) is 0 Å². The highest BCUT2D eigenvalue weighted by Crippen LogP contribution is 2.19. The fourth-order valence-electron chi connectivity index (χ4n) is 2.36. The number of rotatable bonds is 10. The van der Waals surface area contributed by atoms with Crippen molar-refractivity contribution in [2.75, 3.05) is 6.61 Å². The molecular weight excluding hydrogens is 292 g/mol. The average molecular weight is 318 g/mol. The van der Waals surface area contributed by atoms with Gasteiger partial charge in [-0.15, -0.1) is 0 Å². The molecule has 0 spiro atoms. The number of Topliss-reactive ketones (excluding diaryl/α,β-unsaturated/α-hetero) is 2. The van der Waals surface area contributed by atoms with Crippen molar-refractivity contribution in [3.05, 3.63) is 35.9 Å². The molecule has 0 N–H and O–H groups in total. The Balaban J connectivity index is 2.74. The monoisotopic (exact) mass is 318 g/mol. The van der Waals surface area contributed by atoms with Gasteiger partial charge in [-0.25, -0.2) is 0 Å². The maximum atomic E-state index is 12.3. The molecule has 0 fully saturated rings. The van der Waals surface area contributed by atoms with Crippen molar-refractivity contribution in [3.8, 4) is 0 Å². The minimum Gasteiger partial charge on any atom is -0.466 e. The average Bonchev–Trinajstić information content (AvgIpc) is 2.54. The molecule has 23 heavy (non-hydrogen) atoms. The van der Waals surface area contributed by atoms with Gasteiger partial charge in [0.05, 0.1) is 12.5 Å². The summed E-state index contributed by atoms with van der Waals surface area (Å²) in [6.45, 7) is 6.00. The first-order valence-electron chi connectivity index (χ1n) is 8.24. The SMILES string of the molecule is CCOC(=O)C(CC(=O)CC(C)CC)CC(=O)c1ccccc1. The number of ether oxygens (including phenoxy) is 1. The molecule has 2 atom stereocenters. The Hall–Kier alpha value is -1.97. The third-order valence-corrected chi connectivity index (χ3v) is 3.89. The molecule has 0 radical (unpaired) electrons. The van der Waals surface area contributed by atoms with Crippen molar-refractivity contribution in [3.63, 3.8) is 0 Å². The number of hydrogen-bond donors (Lipinski definition) is 0. The van der Waals surface area contributed by atoms with Crippen molar-refractivity contribution >= 4 is 17.5 Å². The van der Waals surface area contributed by atoms with Gasteiger partial charge in [0.15, 0.2) is 5.78 Å². The van der Waals surface area contributed by atoms with Gasteiger partial charge in [0.25, 0.3) is 0 Å². The summed E-state index contributed by atoms with van der Waals surface area (Å²) in [5.74, 6) is -0.998. The summed E-state index contributed by atoms with van der Waals surface area (Å²) in [6, 6.07) is 8.81. The van der Waals surface area contributed by atoms with Gasteiger partial charge in [0.2, 0.25) is 0 Å². The van der Waals surface area contributed by atoms with E-state index >= 15 is 0 Å². The molecule has 0 saturated carbocycles. The van der Waals surface area contributed by atoms with Crippen LogP contribution in [0.4, 0.5) is 0 Å². The predicted molar refractivity (Wildman–Crippen MR) is 89.2 cm³/mol. The van der Waals surface area contributed by atoms with Crippen LogP contribution in [0, 0.1) is 11.8 Å². The van der Waals surface area contributed by atoms with Gasteiger partial charge in [0.1, 0.15) is 5.78 Å². The lowest BCUT2D eigenvalue weighted by Crippen LogP contribution is -2.24. The van der Waals surface area contributed by atoms with E-state index in [0.717, 1.165) is 6.42 Å². The largest absolute Gasteiger partial charge is 0.466 e. The molecule has 1 aromatic carbocycles. The third kappa shape index (κ3) is 6.76. The Morgan fingerprint density at radius 1 is 1.00 bits per heavy atom. The summed E-state index contributed by atoms with van der Waals surface area (Å²) >= 11 is 0. The van der Waals surface area contributed by atoms with E-state index in [1.54, 1.807) is 31.2 Å². The topological polar surface area (TPSA) is 60.4 Å². The molecule has 0 aliphatic carbocycles. The Labute approximate surface area is 138 Å². The van der Waals surface area contributed by atoms with E-state index in [-0.39, 0.29) is 36.9 Å². The van der Waals surface area contributed by atoms with E-state index in [1.807, 2.05) is 19.9 Å². The Morgan fingerprint density at radius 3 is 2.22 bits per heavy atom. The zero-order valence-corrected chi connectivity index (χ0v) is 14.2. The van der Waals surface area contributed by atoms with Crippen LogP contribution in [-0.4, -0.2) is 24.1 Å². The Kier molecular flexibility index (Phi) is 8.23. The molecule has 0 aliphatic rings. The van der Waals surface area contributed by atoms with Crippen LogP contribution >= 0.6 is 0 Å².